The Balaban J connectivity index is 3.06. The minimum atomic E-state index is 0.105. The molecule has 0 saturated heterocycles. The van der Waals surface area contributed by atoms with Gasteiger partial charge in [0.2, 0.25) is 0 Å². The molecule has 1 heteroatoms. The number of aliphatic imine (C=N–C) groups is 1. The van der Waals surface area contributed by atoms with Gasteiger partial charge in [0.25, 0.3) is 0 Å². The van der Waals surface area contributed by atoms with Gasteiger partial charge in [-0.15, -0.1) is 0 Å². The van der Waals surface area contributed by atoms with E-state index in [0.29, 0.717) is 0 Å². The molecule has 0 heterocycles. The molecular weight excluding hydrogens is 326 g/mol. The molecule has 0 aliphatic rings. The van der Waals surface area contributed by atoms with Crippen LogP contribution in [0.25, 0.3) is 0 Å². The van der Waals surface area contributed by atoms with Crippen molar-refractivity contribution in [3.63, 3.8) is 0 Å². The molecule has 0 aliphatic heterocycles. The van der Waals surface area contributed by atoms with Crippen LogP contribution in [0.4, 0.5) is 0 Å². The van der Waals surface area contributed by atoms with E-state index in [4.69, 9.17) is 0 Å². The molecule has 27 heavy (non-hydrogen) atoms. The van der Waals surface area contributed by atoms with Crippen molar-refractivity contribution < 1.29 is 0 Å². The molecular formula is C26H53N. The maximum atomic E-state index is 4.55. The van der Waals surface area contributed by atoms with E-state index in [1.807, 2.05) is 0 Å². The zero-order valence-corrected chi connectivity index (χ0v) is 19.7. The van der Waals surface area contributed by atoms with Crippen LogP contribution < -0.4 is 0 Å². The second kappa shape index (κ2) is 20.4. The van der Waals surface area contributed by atoms with E-state index in [2.05, 4.69) is 38.9 Å². The Hall–Kier alpha value is -0.330. The first-order valence-electron chi connectivity index (χ1n) is 12.6. The summed E-state index contributed by atoms with van der Waals surface area (Å²) < 4.78 is 0. The van der Waals surface area contributed by atoms with E-state index in [1.54, 1.807) is 0 Å². The second-order valence-electron chi connectivity index (χ2n) is 9.64. The van der Waals surface area contributed by atoms with Gasteiger partial charge in [-0.25, -0.2) is 0 Å². The van der Waals surface area contributed by atoms with Gasteiger partial charge < -0.3 is 0 Å². The summed E-state index contributed by atoms with van der Waals surface area (Å²) in [6, 6.07) is 0. The smallest absolute Gasteiger partial charge is 0.0520 e. The summed E-state index contributed by atoms with van der Waals surface area (Å²) in [5.41, 5.74) is 0.105. The monoisotopic (exact) mass is 379 g/mol. The van der Waals surface area contributed by atoms with Gasteiger partial charge in [0, 0.05) is 0 Å². The predicted molar refractivity (Wildman–Crippen MR) is 126 cm³/mol. The molecule has 0 rings (SSSR count). The van der Waals surface area contributed by atoms with Crippen LogP contribution in [0.3, 0.4) is 0 Å². The molecule has 0 aliphatic carbocycles. The van der Waals surface area contributed by atoms with Gasteiger partial charge in [-0.05, 0) is 39.8 Å². The molecule has 0 bridgehead atoms. The topological polar surface area (TPSA) is 12.4 Å². The van der Waals surface area contributed by atoms with Gasteiger partial charge in [-0.2, -0.15) is 0 Å². The normalized spacial score (nSPS) is 12.3. The average molecular weight is 380 g/mol. The minimum Gasteiger partial charge on any atom is -0.292 e. The van der Waals surface area contributed by atoms with Crippen LogP contribution in [0, 0.1) is 0 Å². The zero-order chi connectivity index (χ0) is 20.1. The lowest BCUT2D eigenvalue weighted by molar-refractivity contribution is 0.524. The van der Waals surface area contributed by atoms with Crippen LogP contribution >= 0.6 is 0 Å². The Morgan fingerprint density at radius 1 is 0.481 bits per heavy atom. The van der Waals surface area contributed by atoms with Crippen molar-refractivity contribution in [2.75, 3.05) is 0 Å². The van der Waals surface area contributed by atoms with Gasteiger partial charge >= 0.3 is 0 Å². The first kappa shape index (κ1) is 26.7. The maximum absolute atomic E-state index is 4.55. The largest absolute Gasteiger partial charge is 0.292 e. The van der Waals surface area contributed by atoms with Crippen LogP contribution in [-0.4, -0.2) is 11.8 Å². The van der Waals surface area contributed by atoms with Crippen molar-refractivity contribution in [2.24, 2.45) is 4.99 Å². The van der Waals surface area contributed by atoms with Gasteiger partial charge in [-0.1, -0.05) is 122 Å². The lowest BCUT2D eigenvalue weighted by atomic mass is 10.0. The first-order valence-corrected chi connectivity index (χ1v) is 12.6. The highest BCUT2D eigenvalue weighted by molar-refractivity contribution is 5.57. The third kappa shape index (κ3) is 25.7. The molecule has 0 atom stereocenters. The summed E-state index contributed by atoms with van der Waals surface area (Å²) >= 11 is 0. The van der Waals surface area contributed by atoms with Crippen LogP contribution in [-0.2, 0) is 0 Å². The molecule has 0 fully saturated rings. The molecule has 0 unspecified atom stereocenters. The van der Waals surface area contributed by atoms with E-state index in [0.717, 1.165) is 6.42 Å². The zero-order valence-electron chi connectivity index (χ0n) is 19.7. The summed E-state index contributed by atoms with van der Waals surface area (Å²) in [5, 5.41) is 0. The summed E-state index contributed by atoms with van der Waals surface area (Å²) in [4.78, 5) is 4.55. The van der Waals surface area contributed by atoms with E-state index in [9.17, 15) is 0 Å². The molecule has 0 saturated carbocycles. The van der Waals surface area contributed by atoms with Gasteiger partial charge in [0.1, 0.15) is 0 Å². The Kier molecular flexibility index (Phi) is 20.2. The highest BCUT2D eigenvalue weighted by atomic mass is 14.8. The third-order valence-electron chi connectivity index (χ3n) is 5.42. The fourth-order valence-electron chi connectivity index (χ4n) is 3.65. The van der Waals surface area contributed by atoms with Gasteiger partial charge in [0.15, 0.2) is 0 Å². The van der Waals surface area contributed by atoms with Crippen molar-refractivity contribution in [1.82, 2.24) is 0 Å². The maximum Gasteiger partial charge on any atom is 0.0520 e. The minimum absolute atomic E-state index is 0.105. The lowest BCUT2D eigenvalue weighted by Gasteiger charge is -2.10. The first-order chi connectivity index (χ1) is 13.1. The van der Waals surface area contributed by atoms with Gasteiger partial charge in [-0.3, -0.25) is 4.99 Å². The molecule has 0 aromatic rings. The number of hydrogen-bond acceptors (Lipinski definition) is 1. The Morgan fingerprint density at radius 3 is 1.07 bits per heavy atom. The van der Waals surface area contributed by atoms with Crippen LogP contribution in [0.5, 0.6) is 0 Å². The van der Waals surface area contributed by atoms with Gasteiger partial charge in [0.05, 0.1) is 5.54 Å². The highest BCUT2D eigenvalue weighted by Gasteiger charge is 2.03. The molecule has 0 radical (unpaired) electrons. The number of unbranched alkanes of at least 4 members (excludes halogenated alkanes) is 19. The van der Waals surface area contributed by atoms with E-state index < -0.39 is 0 Å². The SMILES string of the molecule is CCCCCCCCCCCCCCCCCCCCC/C=N/C(C)(C)C. The fourth-order valence-corrected chi connectivity index (χ4v) is 3.65. The second-order valence-corrected chi connectivity index (χ2v) is 9.64. The number of rotatable bonds is 20. The van der Waals surface area contributed by atoms with E-state index >= 15 is 0 Å². The standard InChI is InChI=1S/C26H53N/c1-5-6-7-8-9-10-11-12-13-14-15-16-17-18-19-20-21-22-23-24-25-27-26(2,3)4/h25H,5-24H2,1-4H3/b27-25+. The van der Waals surface area contributed by atoms with E-state index in [1.165, 1.54) is 122 Å². The van der Waals surface area contributed by atoms with Crippen LogP contribution in [0.1, 0.15) is 156 Å². The Morgan fingerprint density at radius 2 is 0.778 bits per heavy atom. The molecule has 0 amide bonds. The summed E-state index contributed by atoms with van der Waals surface area (Å²) in [6.45, 7) is 8.80. The molecule has 0 spiro atoms. The molecule has 162 valence electrons. The molecule has 0 aromatic carbocycles. The Labute approximate surface area is 173 Å². The average Bonchev–Trinajstić information content (AvgIpc) is 2.62. The number of nitrogens with zero attached hydrogens (tertiary/aromatic N) is 1. The van der Waals surface area contributed by atoms with Crippen molar-refractivity contribution in [1.29, 1.82) is 0 Å². The van der Waals surface area contributed by atoms with Crippen molar-refractivity contribution in [3.05, 3.63) is 0 Å². The third-order valence-corrected chi connectivity index (χ3v) is 5.42. The van der Waals surface area contributed by atoms with Crippen LogP contribution in [0.15, 0.2) is 4.99 Å². The molecule has 0 N–H and O–H groups in total. The fraction of sp³-hybridized carbons (Fsp3) is 0.962. The van der Waals surface area contributed by atoms with Crippen molar-refractivity contribution >= 4 is 6.21 Å². The summed E-state index contributed by atoms with van der Waals surface area (Å²) in [7, 11) is 0. The quantitative estimate of drug-likeness (QED) is 0.147. The lowest BCUT2D eigenvalue weighted by Crippen LogP contribution is -2.09. The summed E-state index contributed by atoms with van der Waals surface area (Å²) in [6.07, 6.45) is 30.8. The Bertz CT molecular complexity index is 300. The molecule has 0 aromatic heterocycles. The molecule has 1 nitrogen and oxygen atoms in total. The predicted octanol–water partition coefficient (Wildman–Crippen LogP) is 9.68. The number of hydrogen-bond donors (Lipinski definition) is 0. The van der Waals surface area contributed by atoms with Crippen molar-refractivity contribution in [3.8, 4) is 0 Å². The highest BCUT2D eigenvalue weighted by Crippen LogP contribution is 2.14. The van der Waals surface area contributed by atoms with Crippen molar-refractivity contribution in [2.45, 2.75) is 162 Å². The van der Waals surface area contributed by atoms with Crippen LogP contribution in [0.2, 0.25) is 0 Å². The van der Waals surface area contributed by atoms with E-state index in [-0.39, 0.29) is 5.54 Å². The summed E-state index contributed by atoms with van der Waals surface area (Å²) in [5.74, 6) is 0.